The van der Waals surface area contributed by atoms with Crippen molar-refractivity contribution in [1.29, 1.82) is 0 Å². The van der Waals surface area contributed by atoms with Gasteiger partial charge >= 0.3 is 0 Å². The highest BCUT2D eigenvalue weighted by molar-refractivity contribution is 5.06. The Kier molecular flexibility index (Phi) is 2.61. The number of nitrogens with zero attached hydrogens (tertiary/aromatic N) is 2. The van der Waals surface area contributed by atoms with E-state index in [-0.39, 0.29) is 5.88 Å². The summed E-state index contributed by atoms with van der Waals surface area (Å²) in [5, 5.41) is 37.3. The molecule has 0 aliphatic carbocycles. The lowest BCUT2D eigenvalue weighted by Gasteiger charge is -2.16. The summed E-state index contributed by atoms with van der Waals surface area (Å²) in [5.41, 5.74) is 0. The molecule has 1 saturated heterocycles. The van der Waals surface area contributed by atoms with E-state index in [0.717, 1.165) is 0 Å². The maximum absolute atomic E-state index is 9.61. The molecule has 0 spiro atoms. The fourth-order valence-electron chi connectivity index (χ4n) is 1.60. The number of aliphatic hydroxyl groups is 3. The monoisotopic (exact) mass is 216 g/mol. The Bertz CT molecular complexity index is 342. The lowest BCUT2D eigenvalue weighted by Crippen LogP contribution is -2.33. The first-order valence-corrected chi connectivity index (χ1v) is 4.48. The number of aliphatic hydroxyl groups excluding tert-OH is 3. The van der Waals surface area contributed by atoms with Gasteiger partial charge in [-0.15, -0.1) is 0 Å². The van der Waals surface area contributed by atoms with Crippen LogP contribution in [-0.4, -0.2) is 54.9 Å². The van der Waals surface area contributed by atoms with Crippen molar-refractivity contribution in [1.82, 2.24) is 9.55 Å². The third kappa shape index (κ3) is 1.59. The van der Waals surface area contributed by atoms with Gasteiger partial charge in [0.05, 0.1) is 19.1 Å². The third-order valence-corrected chi connectivity index (χ3v) is 2.44. The second kappa shape index (κ2) is 3.78. The van der Waals surface area contributed by atoms with E-state index in [1.807, 2.05) is 0 Å². The first-order valence-electron chi connectivity index (χ1n) is 4.48. The zero-order valence-electron chi connectivity index (χ0n) is 7.76. The Hall–Kier alpha value is -1.15. The molecular weight excluding hydrogens is 204 g/mol. The predicted molar refractivity (Wildman–Crippen MR) is 46.9 cm³/mol. The minimum atomic E-state index is -1.21. The third-order valence-electron chi connectivity index (χ3n) is 2.44. The number of imidazole rings is 1. The van der Waals surface area contributed by atoms with Gasteiger partial charge in [-0.25, -0.2) is 4.98 Å². The van der Waals surface area contributed by atoms with Gasteiger partial charge in [-0.05, 0) is 0 Å². The molecular formula is C8H12N2O5. The van der Waals surface area contributed by atoms with Crippen LogP contribution in [0.15, 0.2) is 12.5 Å². The van der Waals surface area contributed by atoms with Crippen LogP contribution in [0.5, 0.6) is 5.88 Å². The smallest absolute Gasteiger partial charge is 0.213 e. The minimum absolute atomic E-state index is 0.176. The quantitative estimate of drug-likeness (QED) is 0.464. The van der Waals surface area contributed by atoms with E-state index in [1.54, 1.807) is 0 Å². The zero-order valence-corrected chi connectivity index (χ0v) is 7.76. The van der Waals surface area contributed by atoms with E-state index >= 15 is 0 Å². The average Bonchev–Trinajstić information content (AvgIpc) is 2.74. The molecule has 7 nitrogen and oxygen atoms in total. The second-order valence-electron chi connectivity index (χ2n) is 3.39. The molecule has 1 aromatic heterocycles. The number of aromatic hydroxyl groups is 1. The van der Waals surface area contributed by atoms with Gasteiger partial charge in [0.1, 0.15) is 18.3 Å². The summed E-state index contributed by atoms with van der Waals surface area (Å²) >= 11 is 0. The summed E-state index contributed by atoms with van der Waals surface area (Å²) in [4.78, 5) is 3.65. The first-order chi connectivity index (χ1) is 7.15. The van der Waals surface area contributed by atoms with Gasteiger partial charge in [0.25, 0.3) is 0 Å². The molecule has 1 aromatic rings. The van der Waals surface area contributed by atoms with Crippen molar-refractivity contribution in [3.8, 4) is 5.88 Å². The van der Waals surface area contributed by atoms with Crippen LogP contribution in [0.1, 0.15) is 6.23 Å². The van der Waals surface area contributed by atoms with E-state index < -0.39 is 31.1 Å². The van der Waals surface area contributed by atoms with E-state index in [2.05, 4.69) is 4.98 Å². The van der Waals surface area contributed by atoms with Gasteiger partial charge < -0.3 is 25.2 Å². The van der Waals surface area contributed by atoms with Crippen LogP contribution >= 0.6 is 0 Å². The minimum Gasteiger partial charge on any atom is -0.493 e. The molecule has 0 aromatic carbocycles. The van der Waals surface area contributed by atoms with Gasteiger partial charge in [-0.2, -0.15) is 0 Å². The molecule has 4 atom stereocenters. The molecule has 7 heteroatoms. The van der Waals surface area contributed by atoms with Crippen LogP contribution in [-0.2, 0) is 4.74 Å². The summed E-state index contributed by atoms with van der Waals surface area (Å²) in [6, 6.07) is 0. The predicted octanol–water partition coefficient (Wildman–Crippen LogP) is -1.80. The van der Waals surface area contributed by atoms with Crippen molar-refractivity contribution < 1.29 is 25.2 Å². The van der Waals surface area contributed by atoms with Crippen LogP contribution in [0.3, 0.4) is 0 Å². The Morgan fingerprint density at radius 2 is 2.13 bits per heavy atom. The Balaban J connectivity index is 2.22. The maximum Gasteiger partial charge on any atom is 0.213 e. The highest BCUT2D eigenvalue weighted by Crippen LogP contribution is 2.31. The van der Waals surface area contributed by atoms with Gasteiger partial charge in [0.2, 0.25) is 5.88 Å². The SMILES string of the molecule is OC[C@H]1OC(n2cncc2O)[C@H](O)[C@@H]1O. The Labute approximate surface area is 85.2 Å². The van der Waals surface area contributed by atoms with Crippen LogP contribution in [0, 0.1) is 0 Å². The van der Waals surface area contributed by atoms with Crippen LogP contribution in [0.25, 0.3) is 0 Å². The fraction of sp³-hybridized carbons (Fsp3) is 0.625. The number of hydrogen-bond acceptors (Lipinski definition) is 6. The maximum atomic E-state index is 9.61. The molecule has 1 fully saturated rings. The van der Waals surface area contributed by atoms with Gasteiger partial charge in [-0.3, -0.25) is 4.57 Å². The van der Waals surface area contributed by atoms with Crippen molar-refractivity contribution in [2.75, 3.05) is 6.61 Å². The van der Waals surface area contributed by atoms with Gasteiger partial charge in [-0.1, -0.05) is 0 Å². The standard InChI is InChI=1S/C8H12N2O5/c11-2-4-6(13)7(14)8(15-4)10-3-9-1-5(10)12/h1,3-4,6-8,11-14H,2H2/t4-,6-,7-,8?/m1/s1. The highest BCUT2D eigenvalue weighted by Gasteiger charge is 2.43. The lowest BCUT2D eigenvalue weighted by atomic mass is 10.1. The summed E-state index contributed by atoms with van der Waals surface area (Å²) in [6.07, 6.45) is -1.71. The van der Waals surface area contributed by atoms with E-state index in [4.69, 9.17) is 9.84 Å². The summed E-state index contributed by atoms with van der Waals surface area (Å²) < 4.78 is 6.36. The van der Waals surface area contributed by atoms with Gasteiger partial charge in [0.15, 0.2) is 6.23 Å². The normalized spacial score (nSPS) is 35.9. The largest absolute Gasteiger partial charge is 0.493 e. The molecule has 15 heavy (non-hydrogen) atoms. The van der Waals surface area contributed by atoms with Crippen LogP contribution < -0.4 is 0 Å². The van der Waals surface area contributed by atoms with E-state index in [0.29, 0.717) is 0 Å². The molecule has 1 aliphatic heterocycles. The van der Waals surface area contributed by atoms with Crippen LogP contribution in [0.4, 0.5) is 0 Å². The molecule has 0 bridgehead atoms. The Morgan fingerprint density at radius 3 is 2.60 bits per heavy atom. The molecule has 4 N–H and O–H groups in total. The average molecular weight is 216 g/mol. The first kappa shape index (κ1) is 10.4. The van der Waals surface area contributed by atoms with Crippen molar-refractivity contribution in [2.24, 2.45) is 0 Å². The molecule has 2 rings (SSSR count). The van der Waals surface area contributed by atoms with Crippen LogP contribution in [0.2, 0.25) is 0 Å². The number of hydrogen-bond donors (Lipinski definition) is 4. The molecule has 0 amide bonds. The lowest BCUT2D eigenvalue weighted by molar-refractivity contribution is -0.0553. The van der Waals surface area contributed by atoms with Crippen molar-refractivity contribution >= 4 is 0 Å². The second-order valence-corrected chi connectivity index (χ2v) is 3.39. The van der Waals surface area contributed by atoms with Crippen molar-refractivity contribution in [3.63, 3.8) is 0 Å². The molecule has 0 radical (unpaired) electrons. The highest BCUT2D eigenvalue weighted by atomic mass is 16.6. The molecule has 1 unspecified atom stereocenters. The summed E-state index contributed by atoms with van der Waals surface area (Å²) in [5.74, 6) is -0.176. The van der Waals surface area contributed by atoms with E-state index in [9.17, 15) is 15.3 Å². The molecule has 1 aliphatic rings. The van der Waals surface area contributed by atoms with Crippen molar-refractivity contribution in [2.45, 2.75) is 24.5 Å². The molecule has 2 heterocycles. The topological polar surface area (TPSA) is 108 Å². The Morgan fingerprint density at radius 1 is 1.40 bits per heavy atom. The summed E-state index contributed by atoms with van der Waals surface area (Å²) in [7, 11) is 0. The molecule has 0 saturated carbocycles. The number of ether oxygens (including phenoxy) is 1. The van der Waals surface area contributed by atoms with Gasteiger partial charge in [0, 0.05) is 0 Å². The zero-order chi connectivity index (χ0) is 11.0. The fourth-order valence-corrected chi connectivity index (χ4v) is 1.60. The number of rotatable bonds is 2. The number of aromatic nitrogens is 2. The molecule has 84 valence electrons. The van der Waals surface area contributed by atoms with E-state index in [1.165, 1.54) is 17.1 Å². The summed E-state index contributed by atoms with van der Waals surface area (Å²) in [6.45, 7) is -0.399. The van der Waals surface area contributed by atoms with Crippen molar-refractivity contribution in [3.05, 3.63) is 12.5 Å².